The highest BCUT2D eigenvalue weighted by atomic mass is 19.1. The van der Waals surface area contributed by atoms with Gasteiger partial charge in [0.2, 0.25) is 5.91 Å². The first kappa shape index (κ1) is 29.9. The fourth-order valence-electron chi connectivity index (χ4n) is 5.25. The first-order valence-corrected chi connectivity index (χ1v) is 14.8. The summed E-state index contributed by atoms with van der Waals surface area (Å²) in [4.78, 5) is 31.9. The van der Waals surface area contributed by atoms with Crippen molar-refractivity contribution in [1.82, 2.24) is 35.0 Å². The first-order chi connectivity index (χ1) is 21.5. The zero-order valence-corrected chi connectivity index (χ0v) is 26.0. The second-order valence-electron chi connectivity index (χ2n) is 12.7. The molecule has 0 fully saturated rings. The van der Waals surface area contributed by atoms with E-state index in [1.165, 1.54) is 12.1 Å². The van der Waals surface area contributed by atoms with E-state index in [4.69, 9.17) is 4.98 Å². The minimum Gasteiger partial charge on any atom is -0.384 e. The number of benzene rings is 1. The number of aromatic amines is 2. The molecule has 0 atom stereocenters. The molecule has 0 spiro atoms. The maximum Gasteiger partial charge on any atom is 0.224 e. The molecule has 6 rings (SSSR count). The Morgan fingerprint density at radius 3 is 2.58 bits per heavy atom. The van der Waals surface area contributed by atoms with Crippen molar-refractivity contribution in [3.8, 4) is 33.9 Å². The zero-order valence-electron chi connectivity index (χ0n) is 26.0. The van der Waals surface area contributed by atoms with Crippen LogP contribution < -0.4 is 10.6 Å². The number of anilines is 2. The van der Waals surface area contributed by atoms with Gasteiger partial charge < -0.3 is 20.5 Å². The third-order valence-corrected chi connectivity index (χ3v) is 7.28. The lowest BCUT2D eigenvalue weighted by molar-refractivity contribution is -0.117. The van der Waals surface area contributed by atoms with Crippen LogP contribution in [-0.2, 0) is 4.79 Å². The molecule has 0 aliphatic carbocycles. The summed E-state index contributed by atoms with van der Waals surface area (Å²) in [5.41, 5.74) is 7.66. The van der Waals surface area contributed by atoms with Gasteiger partial charge in [-0.25, -0.2) is 9.37 Å². The van der Waals surface area contributed by atoms with Gasteiger partial charge in [0, 0.05) is 59.6 Å². The van der Waals surface area contributed by atoms with Gasteiger partial charge >= 0.3 is 0 Å². The van der Waals surface area contributed by atoms with Crippen molar-refractivity contribution in [3.05, 3.63) is 72.9 Å². The Kier molecular flexibility index (Phi) is 8.03. The van der Waals surface area contributed by atoms with E-state index in [2.05, 4.69) is 40.7 Å². The number of H-pyrrole nitrogens is 2. The van der Waals surface area contributed by atoms with Crippen LogP contribution >= 0.6 is 0 Å². The molecule has 0 radical (unpaired) electrons. The molecular formula is C34H36FN9O. The number of fused-ring (bicyclic) bond motifs is 2. The van der Waals surface area contributed by atoms with E-state index in [1.54, 1.807) is 18.6 Å². The normalized spacial score (nSPS) is 11.9. The van der Waals surface area contributed by atoms with Crippen molar-refractivity contribution < 1.29 is 9.18 Å². The van der Waals surface area contributed by atoms with E-state index in [9.17, 15) is 9.18 Å². The lowest BCUT2D eigenvalue weighted by Gasteiger charge is -2.17. The fourth-order valence-corrected chi connectivity index (χ4v) is 5.25. The standard InChI is InChI=1S/C34H36FN9O/c1-34(2,3)17-30(45)39-24-14-21(18-36-19-24)26-6-7-28-32(41-26)33(43-42-28)29-16-25-27(40-29)8-9-38-31(25)20-12-22(35)15-23(13-20)37-10-11-44(4)5/h6-9,12-16,18-19,37,40H,10-11,17H2,1-5H3,(H,39,45)(H,42,43). The summed E-state index contributed by atoms with van der Waals surface area (Å²) in [5, 5.41) is 14.7. The molecule has 0 saturated carbocycles. The van der Waals surface area contributed by atoms with E-state index < -0.39 is 0 Å². The Balaban J connectivity index is 1.33. The van der Waals surface area contributed by atoms with Gasteiger partial charge in [0.1, 0.15) is 17.0 Å². The van der Waals surface area contributed by atoms with Gasteiger partial charge in [-0.15, -0.1) is 0 Å². The topological polar surface area (TPSA) is 128 Å². The van der Waals surface area contributed by atoms with Crippen LogP contribution in [-0.4, -0.2) is 68.1 Å². The SMILES string of the molecule is CN(C)CCNc1cc(F)cc(-c2nccc3[nH]c(-c4n[nH]c5ccc(-c6cncc(NC(=O)CC(C)(C)C)c6)nc45)cc23)c1. The summed E-state index contributed by atoms with van der Waals surface area (Å²) >= 11 is 0. The number of likely N-dealkylation sites (N-methyl/N-ethyl adjacent to an activating group) is 1. The van der Waals surface area contributed by atoms with Gasteiger partial charge in [-0.2, -0.15) is 5.10 Å². The monoisotopic (exact) mass is 605 g/mol. The third-order valence-electron chi connectivity index (χ3n) is 7.28. The van der Waals surface area contributed by atoms with Gasteiger partial charge in [0.05, 0.1) is 34.5 Å². The lowest BCUT2D eigenvalue weighted by atomic mass is 9.92. The Morgan fingerprint density at radius 2 is 1.78 bits per heavy atom. The Hall–Kier alpha value is -5.16. The number of carbonyl (C=O) groups excluding carboxylic acids is 1. The van der Waals surface area contributed by atoms with Crippen LogP contribution in [0, 0.1) is 11.2 Å². The number of hydrogen-bond acceptors (Lipinski definition) is 7. The summed E-state index contributed by atoms with van der Waals surface area (Å²) < 4.78 is 14.7. The van der Waals surface area contributed by atoms with Crippen molar-refractivity contribution in [3.63, 3.8) is 0 Å². The minimum absolute atomic E-state index is 0.0651. The van der Waals surface area contributed by atoms with Crippen molar-refractivity contribution in [2.24, 2.45) is 5.41 Å². The third kappa shape index (κ3) is 6.83. The van der Waals surface area contributed by atoms with Crippen molar-refractivity contribution in [1.29, 1.82) is 0 Å². The molecule has 1 amide bonds. The predicted molar refractivity (Wildman–Crippen MR) is 177 cm³/mol. The molecule has 230 valence electrons. The molecule has 11 heteroatoms. The highest BCUT2D eigenvalue weighted by Crippen LogP contribution is 2.34. The van der Waals surface area contributed by atoms with Crippen molar-refractivity contribution in [2.75, 3.05) is 37.8 Å². The zero-order chi connectivity index (χ0) is 31.7. The van der Waals surface area contributed by atoms with Crippen molar-refractivity contribution >= 4 is 39.2 Å². The molecule has 1 aromatic carbocycles. The number of rotatable bonds is 9. The van der Waals surface area contributed by atoms with Crippen molar-refractivity contribution in [2.45, 2.75) is 27.2 Å². The molecule has 5 aromatic heterocycles. The molecular weight excluding hydrogens is 569 g/mol. The largest absolute Gasteiger partial charge is 0.384 e. The average Bonchev–Trinajstić information content (AvgIpc) is 3.59. The molecule has 6 aromatic rings. The van der Waals surface area contributed by atoms with Crippen LogP contribution in [0.25, 0.3) is 55.8 Å². The highest BCUT2D eigenvalue weighted by molar-refractivity contribution is 5.99. The first-order valence-electron chi connectivity index (χ1n) is 14.8. The molecule has 0 bridgehead atoms. The molecule has 0 unspecified atom stereocenters. The maximum atomic E-state index is 14.7. The predicted octanol–water partition coefficient (Wildman–Crippen LogP) is 6.72. The average molecular weight is 606 g/mol. The van der Waals surface area contributed by atoms with E-state index in [0.717, 1.165) is 34.2 Å². The molecule has 10 nitrogen and oxygen atoms in total. The number of nitrogens with zero attached hydrogens (tertiary/aromatic N) is 5. The van der Waals surface area contributed by atoms with Crippen LogP contribution in [0.3, 0.4) is 0 Å². The number of carbonyl (C=O) groups is 1. The van der Waals surface area contributed by atoms with Crippen LogP contribution in [0.15, 0.2) is 67.1 Å². The lowest BCUT2D eigenvalue weighted by Crippen LogP contribution is -2.20. The number of aromatic nitrogens is 6. The molecule has 45 heavy (non-hydrogen) atoms. The summed E-state index contributed by atoms with van der Waals surface area (Å²) in [5.74, 6) is -0.401. The van der Waals surface area contributed by atoms with Crippen LogP contribution in [0.2, 0.25) is 0 Å². The number of nitrogens with one attached hydrogen (secondary N) is 4. The quantitative estimate of drug-likeness (QED) is 0.144. The number of amides is 1. The van der Waals surface area contributed by atoms with Gasteiger partial charge in [-0.3, -0.25) is 19.9 Å². The van der Waals surface area contributed by atoms with Crippen LogP contribution in [0.4, 0.5) is 15.8 Å². The molecule has 4 N–H and O–H groups in total. The van der Waals surface area contributed by atoms with Crippen LogP contribution in [0.5, 0.6) is 0 Å². The maximum absolute atomic E-state index is 14.7. The smallest absolute Gasteiger partial charge is 0.224 e. The number of pyridine rings is 3. The van der Waals surface area contributed by atoms with Gasteiger partial charge in [-0.05, 0) is 68.0 Å². The van der Waals surface area contributed by atoms with Crippen LogP contribution in [0.1, 0.15) is 27.2 Å². The summed E-state index contributed by atoms with van der Waals surface area (Å²) in [6.45, 7) is 7.59. The highest BCUT2D eigenvalue weighted by Gasteiger charge is 2.18. The minimum atomic E-state index is -0.336. The Bertz CT molecular complexity index is 2000. The second kappa shape index (κ2) is 12.1. The fraction of sp³-hybridized carbons (Fsp3) is 0.265. The second-order valence-corrected chi connectivity index (χ2v) is 12.7. The number of hydrogen-bond donors (Lipinski definition) is 4. The van der Waals surface area contributed by atoms with E-state index in [1.807, 2.05) is 71.3 Å². The van der Waals surface area contributed by atoms with E-state index >= 15 is 0 Å². The molecule has 0 saturated heterocycles. The molecule has 0 aliphatic rings. The Labute approximate surface area is 260 Å². The van der Waals surface area contributed by atoms with Gasteiger partial charge in [-0.1, -0.05) is 20.8 Å². The van der Waals surface area contributed by atoms with E-state index in [0.29, 0.717) is 52.5 Å². The number of halogens is 1. The van der Waals surface area contributed by atoms with Gasteiger partial charge in [0.25, 0.3) is 0 Å². The molecule has 0 aliphatic heterocycles. The summed E-state index contributed by atoms with van der Waals surface area (Å²) in [6, 6.07) is 14.4. The Morgan fingerprint density at radius 1 is 0.956 bits per heavy atom. The van der Waals surface area contributed by atoms with Gasteiger partial charge in [0.15, 0.2) is 0 Å². The summed E-state index contributed by atoms with van der Waals surface area (Å²) in [6.07, 6.45) is 5.46. The summed E-state index contributed by atoms with van der Waals surface area (Å²) in [7, 11) is 3.99. The molecule has 5 heterocycles. The van der Waals surface area contributed by atoms with E-state index in [-0.39, 0.29) is 17.1 Å².